The van der Waals surface area contributed by atoms with Gasteiger partial charge in [-0.25, -0.2) is 4.79 Å². The minimum Gasteiger partial charge on any atom is -0.467 e. The van der Waals surface area contributed by atoms with Crippen LogP contribution in [0, 0.1) is 0 Å². The molecule has 1 aromatic carbocycles. The molecule has 8 heteroatoms. The number of ether oxygens (including phenoxy) is 1. The Bertz CT molecular complexity index is 620. The van der Waals surface area contributed by atoms with Crippen LogP contribution in [-0.4, -0.2) is 24.3 Å². The monoisotopic (exact) mass is 326 g/mol. The second-order valence-electron chi connectivity index (χ2n) is 4.62. The lowest BCUT2D eigenvalue weighted by Gasteiger charge is -2.11. The Morgan fingerprint density at radius 2 is 2.09 bits per heavy atom. The van der Waals surface area contributed by atoms with Crippen molar-refractivity contribution in [3.8, 4) is 5.75 Å². The van der Waals surface area contributed by atoms with Crippen molar-refractivity contribution in [2.45, 2.75) is 19.3 Å². The van der Waals surface area contributed by atoms with Gasteiger partial charge in [0.1, 0.15) is 17.6 Å². The van der Waals surface area contributed by atoms with E-state index in [4.69, 9.17) is 4.42 Å². The Kier molecular flexibility index (Phi) is 5.93. The number of alkyl halides is 2. The molecule has 0 spiro atoms. The molecule has 2 rings (SSSR count). The number of aliphatic hydroxyl groups is 1. The van der Waals surface area contributed by atoms with Crippen LogP contribution in [0.25, 0.3) is 0 Å². The smallest absolute Gasteiger partial charge is 0.387 e. The number of halogens is 2. The van der Waals surface area contributed by atoms with E-state index in [9.17, 15) is 18.7 Å². The van der Waals surface area contributed by atoms with E-state index in [1.54, 1.807) is 24.3 Å². The first-order valence-corrected chi connectivity index (χ1v) is 6.81. The summed E-state index contributed by atoms with van der Waals surface area (Å²) >= 11 is 0. The highest BCUT2D eigenvalue weighted by Gasteiger charge is 2.11. The molecule has 1 aromatic heterocycles. The molecule has 0 bridgehead atoms. The molecule has 1 atom stereocenters. The topological polar surface area (TPSA) is 83.7 Å². The number of furan rings is 1. The van der Waals surface area contributed by atoms with Crippen LogP contribution in [0.1, 0.15) is 17.4 Å². The Morgan fingerprint density at radius 3 is 2.78 bits per heavy atom. The van der Waals surface area contributed by atoms with Crippen molar-refractivity contribution in [2.75, 3.05) is 6.54 Å². The first kappa shape index (κ1) is 16.8. The number of carbonyl (C=O) groups is 1. The molecular formula is C15H16F2N2O4. The Morgan fingerprint density at radius 1 is 1.26 bits per heavy atom. The number of hydrogen-bond acceptors (Lipinski definition) is 4. The van der Waals surface area contributed by atoms with Gasteiger partial charge in [0, 0.05) is 6.54 Å². The first-order valence-electron chi connectivity index (χ1n) is 6.81. The maximum Gasteiger partial charge on any atom is 0.387 e. The van der Waals surface area contributed by atoms with E-state index < -0.39 is 18.7 Å². The fourth-order valence-corrected chi connectivity index (χ4v) is 1.85. The second kappa shape index (κ2) is 8.14. The molecule has 0 aliphatic heterocycles. The zero-order valence-corrected chi connectivity index (χ0v) is 12.0. The fraction of sp³-hybridized carbons (Fsp3) is 0.267. The molecular weight excluding hydrogens is 310 g/mol. The zero-order chi connectivity index (χ0) is 16.7. The van der Waals surface area contributed by atoms with Gasteiger partial charge in [-0.3, -0.25) is 0 Å². The van der Waals surface area contributed by atoms with Crippen LogP contribution in [0.4, 0.5) is 13.6 Å². The molecule has 0 saturated carbocycles. The number of nitrogens with one attached hydrogen (secondary N) is 2. The quantitative estimate of drug-likeness (QED) is 0.729. The number of aliphatic hydroxyl groups excluding tert-OH is 1. The SMILES string of the molecule is O=C(NCc1cccc(OC(F)F)c1)NCC(O)c1ccco1. The minimum absolute atomic E-state index is 0.0200. The van der Waals surface area contributed by atoms with Gasteiger partial charge in [0.15, 0.2) is 0 Å². The first-order chi connectivity index (χ1) is 11.0. The molecule has 23 heavy (non-hydrogen) atoms. The molecule has 1 heterocycles. The van der Waals surface area contributed by atoms with Crippen molar-refractivity contribution >= 4 is 6.03 Å². The van der Waals surface area contributed by atoms with E-state index in [0.717, 1.165) is 0 Å². The predicted octanol–water partition coefficient (Wildman–Crippen LogP) is 2.41. The summed E-state index contributed by atoms with van der Waals surface area (Å²) in [5.41, 5.74) is 0.602. The molecule has 2 amide bonds. The van der Waals surface area contributed by atoms with Crippen LogP contribution in [0.3, 0.4) is 0 Å². The summed E-state index contributed by atoms with van der Waals surface area (Å²) in [7, 11) is 0. The fourth-order valence-electron chi connectivity index (χ4n) is 1.85. The molecule has 6 nitrogen and oxygen atoms in total. The van der Waals surface area contributed by atoms with Crippen molar-refractivity contribution < 1.29 is 27.8 Å². The third-order valence-corrected chi connectivity index (χ3v) is 2.90. The van der Waals surface area contributed by atoms with Gasteiger partial charge in [0.2, 0.25) is 0 Å². The van der Waals surface area contributed by atoms with E-state index in [2.05, 4.69) is 15.4 Å². The van der Waals surface area contributed by atoms with Crippen molar-refractivity contribution in [1.82, 2.24) is 10.6 Å². The molecule has 0 saturated heterocycles. The predicted molar refractivity (Wildman–Crippen MR) is 77.0 cm³/mol. The second-order valence-corrected chi connectivity index (χ2v) is 4.62. The number of hydrogen-bond donors (Lipinski definition) is 3. The average molecular weight is 326 g/mol. The summed E-state index contributed by atoms with van der Waals surface area (Å²) in [4.78, 5) is 11.6. The van der Waals surface area contributed by atoms with Crippen LogP contribution >= 0.6 is 0 Å². The van der Waals surface area contributed by atoms with Crippen molar-refractivity contribution in [2.24, 2.45) is 0 Å². The third kappa shape index (κ3) is 5.59. The van der Waals surface area contributed by atoms with Crippen LogP contribution in [0.2, 0.25) is 0 Å². The standard InChI is InChI=1S/C15H16F2N2O4/c16-14(17)23-11-4-1-3-10(7-11)8-18-15(21)19-9-12(20)13-5-2-6-22-13/h1-7,12,14,20H,8-9H2,(H2,18,19,21). The van der Waals surface area contributed by atoms with Crippen molar-refractivity contribution in [3.05, 3.63) is 54.0 Å². The number of benzene rings is 1. The van der Waals surface area contributed by atoms with Gasteiger partial charge in [-0.2, -0.15) is 8.78 Å². The molecule has 0 aliphatic carbocycles. The maximum atomic E-state index is 12.1. The summed E-state index contributed by atoms with van der Waals surface area (Å²) in [6.07, 6.45) is 0.478. The summed E-state index contributed by atoms with van der Waals surface area (Å²) in [5.74, 6) is 0.370. The van der Waals surface area contributed by atoms with Gasteiger partial charge in [0.05, 0.1) is 12.8 Å². The molecule has 0 fully saturated rings. The highest BCUT2D eigenvalue weighted by molar-refractivity contribution is 5.73. The maximum absolute atomic E-state index is 12.1. The van der Waals surface area contributed by atoms with Crippen LogP contribution in [-0.2, 0) is 6.54 Å². The summed E-state index contributed by atoms with van der Waals surface area (Å²) < 4.78 is 33.5. The summed E-state index contributed by atoms with van der Waals surface area (Å²) in [6.45, 7) is -2.79. The van der Waals surface area contributed by atoms with Crippen LogP contribution < -0.4 is 15.4 Å². The van der Waals surface area contributed by atoms with Gasteiger partial charge in [-0.1, -0.05) is 12.1 Å². The zero-order valence-electron chi connectivity index (χ0n) is 12.0. The Balaban J connectivity index is 1.76. The average Bonchev–Trinajstić information content (AvgIpc) is 3.05. The highest BCUT2D eigenvalue weighted by Crippen LogP contribution is 2.15. The van der Waals surface area contributed by atoms with E-state index in [-0.39, 0.29) is 18.8 Å². The van der Waals surface area contributed by atoms with Crippen LogP contribution in [0.5, 0.6) is 5.75 Å². The lowest BCUT2D eigenvalue weighted by molar-refractivity contribution is -0.0498. The van der Waals surface area contributed by atoms with Gasteiger partial charge in [-0.05, 0) is 29.8 Å². The normalized spacial score (nSPS) is 12.0. The minimum atomic E-state index is -2.90. The van der Waals surface area contributed by atoms with Gasteiger partial charge >= 0.3 is 12.6 Å². The lowest BCUT2D eigenvalue weighted by atomic mass is 10.2. The summed E-state index contributed by atoms with van der Waals surface area (Å²) in [6, 6.07) is 8.74. The van der Waals surface area contributed by atoms with E-state index in [1.165, 1.54) is 18.4 Å². The number of urea groups is 1. The molecule has 2 aromatic rings. The third-order valence-electron chi connectivity index (χ3n) is 2.90. The molecule has 3 N–H and O–H groups in total. The van der Waals surface area contributed by atoms with Gasteiger partial charge < -0.3 is 24.9 Å². The molecule has 1 unspecified atom stereocenters. The van der Waals surface area contributed by atoms with Crippen molar-refractivity contribution in [1.29, 1.82) is 0 Å². The van der Waals surface area contributed by atoms with E-state index in [0.29, 0.717) is 11.3 Å². The lowest BCUT2D eigenvalue weighted by Crippen LogP contribution is -2.37. The van der Waals surface area contributed by atoms with E-state index >= 15 is 0 Å². The van der Waals surface area contributed by atoms with Crippen molar-refractivity contribution in [3.63, 3.8) is 0 Å². The highest BCUT2D eigenvalue weighted by atomic mass is 19.3. The number of rotatable bonds is 7. The molecule has 124 valence electrons. The largest absolute Gasteiger partial charge is 0.467 e. The van der Waals surface area contributed by atoms with Crippen LogP contribution in [0.15, 0.2) is 47.1 Å². The van der Waals surface area contributed by atoms with Gasteiger partial charge in [-0.15, -0.1) is 0 Å². The van der Waals surface area contributed by atoms with E-state index in [1.807, 2.05) is 0 Å². The van der Waals surface area contributed by atoms with Gasteiger partial charge in [0.25, 0.3) is 0 Å². The Hall–Kier alpha value is -2.61. The molecule has 0 radical (unpaired) electrons. The summed E-state index contributed by atoms with van der Waals surface area (Å²) in [5, 5.41) is 14.8. The Labute approximate surface area is 131 Å². The number of carbonyl (C=O) groups excluding carboxylic acids is 1. The molecule has 0 aliphatic rings. The number of amides is 2.